The quantitative estimate of drug-likeness (QED) is 0.861. The minimum absolute atomic E-state index is 0.312. The van der Waals surface area contributed by atoms with E-state index in [0.717, 1.165) is 12.2 Å². The van der Waals surface area contributed by atoms with Gasteiger partial charge in [-0.3, -0.25) is 0 Å². The fourth-order valence-corrected chi connectivity index (χ4v) is 2.48. The fourth-order valence-electron chi connectivity index (χ4n) is 2.48. The van der Waals surface area contributed by atoms with Crippen molar-refractivity contribution in [2.75, 3.05) is 7.11 Å². The van der Waals surface area contributed by atoms with Crippen LogP contribution in [0.2, 0.25) is 0 Å². The first kappa shape index (κ1) is 14.4. The molecule has 0 amide bonds. The Hall–Kier alpha value is -1.96. The van der Waals surface area contributed by atoms with Crippen LogP contribution < -0.4 is 4.74 Å². The van der Waals surface area contributed by atoms with Crippen LogP contribution in [0.25, 0.3) is 0 Å². The van der Waals surface area contributed by atoms with Gasteiger partial charge in [0, 0.05) is 5.92 Å². The summed E-state index contributed by atoms with van der Waals surface area (Å²) in [7, 11) is 1.68. The lowest BCUT2D eigenvalue weighted by Gasteiger charge is -2.20. The molecule has 0 aliphatic rings. The van der Waals surface area contributed by atoms with E-state index < -0.39 is 0 Å². The standard InChI is InChI=1S/C18H22O2/c1-13(2)12-18(14-4-8-16(19)9-5-14)15-6-10-17(20-3)11-7-15/h4-11,13,18-19H,12H2,1-3H3. The van der Waals surface area contributed by atoms with E-state index in [1.54, 1.807) is 19.2 Å². The van der Waals surface area contributed by atoms with Crippen molar-refractivity contribution < 1.29 is 9.84 Å². The molecule has 0 aromatic heterocycles. The zero-order chi connectivity index (χ0) is 14.5. The zero-order valence-electron chi connectivity index (χ0n) is 12.3. The van der Waals surface area contributed by atoms with Gasteiger partial charge in [0.05, 0.1) is 7.11 Å². The second-order valence-electron chi connectivity index (χ2n) is 5.55. The summed E-state index contributed by atoms with van der Waals surface area (Å²) in [5.41, 5.74) is 2.52. The number of methoxy groups -OCH3 is 1. The van der Waals surface area contributed by atoms with Crippen molar-refractivity contribution in [3.63, 3.8) is 0 Å². The van der Waals surface area contributed by atoms with E-state index in [1.165, 1.54) is 11.1 Å². The van der Waals surface area contributed by atoms with Crippen molar-refractivity contribution in [2.24, 2.45) is 5.92 Å². The van der Waals surface area contributed by atoms with Gasteiger partial charge < -0.3 is 9.84 Å². The first-order chi connectivity index (χ1) is 9.60. The average molecular weight is 270 g/mol. The van der Waals surface area contributed by atoms with Crippen LogP contribution in [0, 0.1) is 5.92 Å². The average Bonchev–Trinajstić information content (AvgIpc) is 2.46. The Kier molecular flexibility index (Phi) is 4.67. The van der Waals surface area contributed by atoms with E-state index in [9.17, 15) is 5.11 Å². The molecule has 2 heteroatoms. The van der Waals surface area contributed by atoms with Gasteiger partial charge in [-0.15, -0.1) is 0 Å². The third kappa shape index (κ3) is 3.53. The number of phenols is 1. The summed E-state index contributed by atoms with van der Waals surface area (Å²) in [4.78, 5) is 0. The third-order valence-corrected chi connectivity index (χ3v) is 3.52. The molecule has 2 rings (SSSR count). The van der Waals surface area contributed by atoms with Crippen LogP contribution in [-0.2, 0) is 0 Å². The highest BCUT2D eigenvalue weighted by Crippen LogP contribution is 2.32. The van der Waals surface area contributed by atoms with Crippen molar-refractivity contribution in [3.05, 3.63) is 59.7 Å². The van der Waals surface area contributed by atoms with Gasteiger partial charge in [-0.25, -0.2) is 0 Å². The van der Waals surface area contributed by atoms with E-state index in [1.807, 2.05) is 24.3 Å². The molecule has 0 fully saturated rings. The van der Waals surface area contributed by atoms with Gasteiger partial charge in [0.2, 0.25) is 0 Å². The maximum absolute atomic E-state index is 9.44. The summed E-state index contributed by atoms with van der Waals surface area (Å²) >= 11 is 0. The molecule has 2 aromatic carbocycles. The van der Waals surface area contributed by atoms with Gasteiger partial charge >= 0.3 is 0 Å². The second-order valence-corrected chi connectivity index (χ2v) is 5.55. The lowest BCUT2D eigenvalue weighted by Crippen LogP contribution is -2.05. The molecule has 0 spiro atoms. The minimum atomic E-state index is 0.312. The highest BCUT2D eigenvalue weighted by atomic mass is 16.5. The molecule has 0 bridgehead atoms. The molecule has 0 aliphatic carbocycles. The number of phenolic OH excluding ortho intramolecular Hbond substituents is 1. The normalized spacial score (nSPS) is 12.4. The van der Waals surface area contributed by atoms with Crippen LogP contribution in [-0.4, -0.2) is 12.2 Å². The smallest absolute Gasteiger partial charge is 0.118 e. The predicted octanol–water partition coefficient (Wildman–Crippen LogP) is 4.58. The van der Waals surface area contributed by atoms with Crippen molar-refractivity contribution in [1.82, 2.24) is 0 Å². The Labute approximate surface area is 121 Å². The lowest BCUT2D eigenvalue weighted by molar-refractivity contribution is 0.414. The summed E-state index contributed by atoms with van der Waals surface area (Å²) in [5, 5.41) is 9.44. The van der Waals surface area contributed by atoms with E-state index >= 15 is 0 Å². The Morgan fingerprint density at radius 3 is 1.85 bits per heavy atom. The molecule has 20 heavy (non-hydrogen) atoms. The number of hydrogen-bond donors (Lipinski definition) is 1. The molecular weight excluding hydrogens is 248 g/mol. The van der Waals surface area contributed by atoms with Crippen molar-refractivity contribution in [1.29, 1.82) is 0 Å². The number of aromatic hydroxyl groups is 1. The first-order valence-corrected chi connectivity index (χ1v) is 7.03. The van der Waals surface area contributed by atoms with Gasteiger partial charge in [0.25, 0.3) is 0 Å². The fraction of sp³-hybridized carbons (Fsp3) is 0.333. The molecule has 0 heterocycles. The summed E-state index contributed by atoms with van der Waals surface area (Å²) < 4.78 is 5.22. The molecule has 1 N–H and O–H groups in total. The van der Waals surface area contributed by atoms with Gasteiger partial charge in [-0.05, 0) is 47.7 Å². The van der Waals surface area contributed by atoms with Crippen LogP contribution in [0.1, 0.15) is 37.3 Å². The number of benzene rings is 2. The Balaban J connectivity index is 2.33. The van der Waals surface area contributed by atoms with Gasteiger partial charge in [0.1, 0.15) is 11.5 Å². The first-order valence-electron chi connectivity index (χ1n) is 7.03. The molecule has 0 saturated heterocycles. The van der Waals surface area contributed by atoms with E-state index in [2.05, 4.69) is 26.0 Å². The van der Waals surface area contributed by atoms with Crippen molar-refractivity contribution in [3.8, 4) is 11.5 Å². The van der Waals surface area contributed by atoms with Crippen molar-refractivity contribution >= 4 is 0 Å². The maximum atomic E-state index is 9.44. The molecule has 0 saturated carbocycles. The highest BCUT2D eigenvalue weighted by molar-refractivity contribution is 5.38. The zero-order valence-corrected chi connectivity index (χ0v) is 12.3. The molecule has 0 aliphatic heterocycles. The predicted molar refractivity (Wildman–Crippen MR) is 82.4 cm³/mol. The second kappa shape index (κ2) is 6.47. The number of hydrogen-bond acceptors (Lipinski definition) is 2. The topological polar surface area (TPSA) is 29.5 Å². The molecule has 1 atom stereocenters. The number of rotatable bonds is 5. The highest BCUT2D eigenvalue weighted by Gasteiger charge is 2.16. The molecule has 1 unspecified atom stereocenters. The number of ether oxygens (including phenoxy) is 1. The molecule has 2 nitrogen and oxygen atoms in total. The summed E-state index contributed by atoms with van der Waals surface area (Å²) in [5.74, 6) is 2.15. The van der Waals surface area contributed by atoms with Crippen LogP contribution >= 0.6 is 0 Å². The van der Waals surface area contributed by atoms with Crippen LogP contribution in [0.3, 0.4) is 0 Å². The molecule has 106 valence electrons. The SMILES string of the molecule is COc1ccc(C(CC(C)C)c2ccc(O)cc2)cc1. The van der Waals surface area contributed by atoms with E-state index in [4.69, 9.17) is 4.74 Å². The molecule has 2 aromatic rings. The van der Waals surface area contributed by atoms with Gasteiger partial charge in [-0.2, -0.15) is 0 Å². The lowest BCUT2D eigenvalue weighted by atomic mass is 9.84. The van der Waals surface area contributed by atoms with Crippen LogP contribution in [0.15, 0.2) is 48.5 Å². The van der Waals surface area contributed by atoms with Crippen molar-refractivity contribution in [2.45, 2.75) is 26.2 Å². The Bertz CT molecular complexity index is 526. The Morgan fingerprint density at radius 1 is 0.900 bits per heavy atom. The summed E-state index contributed by atoms with van der Waals surface area (Å²) in [6, 6.07) is 15.8. The van der Waals surface area contributed by atoms with Gasteiger partial charge in [-0.1, -0.05) is 38.1 Å². The van der Waals surface area contributed by atoms with E-state index in [0.29, 0.717) is 17.6 Å². The van der Waals surface area contributed by atoms with E-state index in [-0.39, 0.29) is 0 Å². The monoisotopic (exact) mass is 270 g/mol. The summed E-state index contributed by atoms with van der Waals surface area (Å²) in [6.45, 7) is 4.47. The molecule has 0 radical (unpaired) electrons. The van der Waals surface area contributed by atoms with Crippen LogP contribution in [0.4, 0.5) is 0 Å². The maximum Gasteiger partial charge on any atom is 0.118 e. The third-order valence-electron chi connectivity index (χ3n) is 3.52. The largest absolute Gasteiger partial charge is 0.508 e. The molecular formula is C18H22O2. The van der Waals surface area contributed by atoms with Crippen LogP contribution in [0.5, 0.6) is 11.5 Å². The van der Waals surface area contributed by atoms with Gasteiger partial charge in [0.15, 0.2) is 0 Å². The minimum Gasteiger partial charge on any atom is -0.508 e. The summed E-state index contributed by atoms with van der Waals surface area (Å²) in [6.07, 6.45) is 1.08. The Morgan fingerprint density at radius 2 is 1.40 bits per heavy atom.